The van der Waals surface area contributed by atoms with Gasteiger partial charge in [-0.25, -0.2) is 4.79 Å². The predicted molar refractivity (Wildman–Crippen MR) is 47.7 cm³/mol. The topological polar surface area (TPSA) is 86.6 Å². The second-order valence-electron chi connectivity index (χ2n) is 2.65. The number of carboxylic acid groups (broad SMARTS) is 1. The van der Waals surface area contributed by atoms with E-state index in [0.717, 1.165) is 0 Å². The van der Waals surface area contributed by atoms with Crippen LogP contribution in [0.4, 0.5) is 0 Å². The van der Waals surface area contributed by atoms with E-state index in [4.69, 9.17) is 10.2 Å². The summed E-state index contributed by atoms with van der Waals surface area (Å²) in [5.41, 5.74) is 0.405. The standard InChI is InChI=1S/C9H9NO4/c11-5-10-8(9(13)14)6-1-3-7(12)4-2-6/h1-5,8,12H,(H,10,11)(H,13,14)/t8-/m0/s1. The molecule has 0 fully saturated rings. The number of carboxylic acids is 1. The van der Waals surface area contributed by atoms with Gasteiger partial charge in [0.15, 0.2) is 6.04 Å². The Kier molecular flexibility index (Phi) is 3.06. The van der Waals surface area contributed by atoms with Gasteiger partial charge in [-0.05, 0) is 17.7 Å². The molecule has 1 aromatic rings. The number of phenolic OH excluding ortho intramolecular Hbond substituents is 1. The van der Waals surface area contributed by atoms with Crippen molar-refractivity contribution in [1.82, 2.24) is 5.32 Å². The lowest BCUT2D eigenvalue weighted by atomic mass is 10.1. The maximum absolute atomic E-state index is 10.7. The van der Waals surface area contributed by atoms with Crippen LogP contribution in [0.25, 0.3) is 0 Å². The first-order valence-electron chi connectivity index (χ1n) is 3.86. The second kappa shape index (κ2) is 4.27. The second-order valence-corrected chi connectivity index (χ2v) is 2.65. The van der Waals surface area contributed by atoms with E-state index < -0.39 is 12.0 Å². The van der Waals surface area contributed by atoms with Crippen molar-refractivity contribution in [3.05, 3.63) is 29.8 Å². The highest BCUT2D eigenvalue weighted by atomic mass is 16.4. The molecule has 74 valence electrons. The minimum Gasteiger partial charge on any atom is -0.508 e. The molecule has 14 heavy (non-hydrogen) atoms. The molecule has 3 N–H and O–H groups in total. The zero-order valence-corrected chi connectivity index (χ0v) is 7.18. The Hall–Kier alpha value is -2.04. The summed E-state index contributed by atoms with van der Waals surface area (Å²) in [6.45, 7) is 0. The van der Waals surface area contributed by atoms with Gasteiger partial charge < -0.3 is 15.5 Å². The predicted octanol–water partition coefficient (Wildman–Crippen LogP) is 0.264. The Labute approximate surface area is 80.0 Å². The number of nitrogens with one attached hydrogen (secondary N) is 1. The van der Waals surface area contributed by atoms with E-state index in [2.05, 4.69) is 5.32 Å². The third-order valence-electron chi connectivity index (χ3n) is 1.71. The minimum absolute atomic E-state index is 0.0454. The van der Waals surface area contributed by atoms with Gasteiger partial charge in [-0.1, -0.05) is 12.1 Å². The molecule has 0 saturated carbocycles. The van der Waals surface area contributed by atoms with Gasteiger partial charge in [-0.2, -0.15) is 0 Å². The molecular formula is C9H9NO4. The first kappa shape index (κ1) is 10.0. The van der Waals surface area contributed by atoms with Crippen molar-refractivity contribution in [2.45, 2.75) is 6.04 Å². The summed E-state index contributed by atoms with van der Waals surface area (Å²) in [6.07, 6.45) is 0.325. The molecule has 5 nitrogen and oxygen atoms in total. The highest BCUT2D eigenvalue weighted by Crippen LogP contribution is 2.16. The van der Waals surface area contributed by atoms with Gasteiger partial charge in [0.05, 0.1) is 0 Å². The van der Waals surface area contributed by atoms with Crippen molar-refractivity contribution in [1.29, 1.82) is 0 Å². The van der Waals surface area contributed by atoms with Crippen LogP contribution < -0.4 is 5.32 Å². The van der Waals surface area contributed by atoms with E-state index in [-0.39, 0.29) is 5.75 Å². The Morgan fingerprint density at radius 3 is 2.36 bits per heavy atom. The molecule has 1 atom stereocenters. The molecule has 1 rings (SSSR count). The van der Waals surface area contributed by atoms with Gasteiger partial charge >= 0.3 is 5.97 Å². The summed E-state index contributed by atoms with van der Waals surface area (Å²) in [6, 6.07) is 4.51. The fourth-order valence-corrected chi connectivity index (χ4v) is 1.04. The van der Waals surface area contributed by atoms with Gasteiger partial charge in [-0.15, -0.1) is 0 Å². The molecule has 0 saturated heterocycles. The van der Waals surface area contributed by atoms with Crippen LogP contribution in [0.15, 0.2) is 24.3 Å². The molecule has 0 spiro atoms. The molecular weight excluding hydrogens is 186 g/mol. The van der Waals surface area contributed by atoms with Gasteiger partial charge in [0.2, 0.25) is 6.41 Å². The van der Waals surface area contributed by atoms with Crippen LogP contribution in [0.3, 0.4) is 0 Å². The van der Waals surface area contributed by atoms with Gasteiger partial charge in [0.25, 0.3) is 0 Å². The third kappa shape index (κ3) is 2.22. The molecule has 0 radical (unpaired) electrons. The number of carbonyl (C=O) groups is 2. The third-order valence-corrected chi connectivity index (χ3v) is 1.71. The molecule has 0 aromatic heterocycles. The van der Waals surface area contributed by atoms with E-state index in [0.29, 0.717) is 12.0 Å². The van der Waals surface area contributed by atoms with E-state index in [1.807, 2.05) is 0 Å². The summed E-state index contributed by atoms with van der Waals surface area (Å²) >= 11 is 0. The summed E-state index contributed by atoms with van der Waals surface area (Å²) in [5.74, 6) is -1.10. The normalized spacial score (nSPS) is 11.7. The van der Waals surface area contributed by atoms with E-state index in [1.165, 1.54) is 24.3 Å². The quantitative estimate of drug-likeness (QED) is 0.601. The van der Waals surface area contributed by atoms with Crippen LogP contribution >= 0.6 is 0 Å². The number of benzene rings is 1. The summed E-state index contributed by atoms with van der Waals surface area (Å²) in [5, 5.41) is 19.9. The SMILES string of the molecule is O=CN[C@H](C(=O)O)c1ccc(O)cc1. The molecule has 0 bridgehead atoms. The summed E-state index contributed by atoms with van der Waals surface area (Å²) in [7, 11) is 0. The first-order chi connectivity index (χ1) is 6.65. The van der Waals surface area contributed by atoms with Crippen LogP contribution in [0.1, 0.15) is 11.6 Å². The maximum Gasteiger partial charge on any atom is 0.330 e. The number of aliphatic carboxylic acids is 1. The average Bonchev–Trinajstić information content (AvgIpc) is 2.15. The molecule has 0 aliphatic carbocycles. The van der Waals surface area contributed by atoms with Crippen molar-refractivity contribution in [3.8, 4) is 5.75 Å². The lowest BCUT2D eigenvalue weighted by Crippen LogP contribution is -2.27. The summed E-state index contributed by atoms with van der Waals surface area (Å²) in [4.78, 5) is 20.8. The fraction of sp³-hybridized carbons (Fsp3) is 0.111. The van der Waals surface area contributed by atoms with Crippen LogP contribution in [-0.4, -0.2) is 22.6 Å². The van der Waals surface area contributed by atoms with Crippen LogP contribution in [0.5, 0.6) is 5.75 Å². The Balaban J connectivity index is 2.93. The molecule has 1 amide bonds. The van der Waals surface area contributed by atoms with Crippen LogP contribution in [-0.2, 0) is 9.59 Å². The number of phenols is 1. The summed E-state index contributed by atoms with van der Waals surface area (Å²) < 4.78 is 0. The van der Waals surface area contributed by atoms with Crippen molar-refractivity contribution in [2.75, 3.05) is 0 Å². The van der Waals surface area contributed by atoms with Gasteiger partial charge in [0, 0.05) is 0 Å². The van der Waals surface area contributed by atoms with Gasteiger partial charge in [-0.3, -0.25) is 4.79 Å². The monoisotopic (exact) mass is 195 g/mol. The van der Waals surface area contributed by atoms with Crippen molar-refractivity contribution in [3.63, 3.8) is 0 Å². The van der Waals surface area contributed by atoms with Crippen molar-refractivity contribution in [2.24, 2.45) is 0 Å². The average molecular weight is 195 g/mol. The Bertz CT molecular complexity index is 333. The van der Waals surface area contributed by atoms with E-state index >= 15 is 0 Å². The highest BCUT2D eigenvalue weighted by molar-refractivity contribution is 5.78. The lowest BCUT2D eigenvalue weighted by molar-refractivity contribution is -0.140. The number of rotatable bonds is 4. The zero-order chi connectivity index (χ0) is 10.6. The number of amides is 1. The van der Waals surface area contributed by atoms with Crippen molar-refractivity contribution >= 4 is 12.4 Å². The largest absolute Gasteiger partial charge is 0.508 e. The first-order valence-corrected chi connectivity index (χ1v) is 3.86. The van der Waals surface area contributed by atoms with Crippen molar-refractivity contribution < 1.29 is 19.8 Å². The number of hydrogen-bond acceptors (Lipinski definition) is 3. The number of hydrogen-bond donors (Lipinski definition) is 3. The van der Waals surface area contributed by atoms with E-state index in [1.54, 1.807) is 0 Å². The van der Waals surface area contributed by atoms with Gasteiger partial charge in [0.1, 0.15) is 5.75 Å². The molecule has 5 heteroatoms. The smallest absolute Gasteiger partial charge is 0.330 e. The maximum atomic E-state index is 10.7. The lowest BCUT2D eigenvalue weighted by Gasteiger charge is -2.10. The van der Waals surface area contributed by atoms with E-state index in [9.17, 15) is 9.59 Å². The van der Waals surface area contributed by atoms with Crippen LogP contribution in [0, 0.1) is 0 Å². The zero-order valence-electron chi connectivity index (χ0n) is 7.18. The molecule has 1 aromatic carbocycles. The molecule has 0 unspecified atom stereocenters. The Morgan fingerprint density at radius 2 is 1.93 bits per heavy atom. The number of carbonyl (C=O) groups excluding carboxylic acids is 1. The number of aromatic hydroxyl groups is 1. The fourth-order valence-electron chi connectivity index (χ4n) is 1.04. The molecule has 0 aliphatic heterocycles. The minimum atomic E-state index is -1.15. The molecule has 0 heterocycles. The Morgan fingerprint density at radius 1 is 1.36 bits per heavy atom. The molecule has 0 aliphatic rings. The van der Waals surface area contributed by atoms with Crippen LogP contribution in [0.2, 0.25) is 0 Å². The highest BCUT2D eigenvalue weighted by Gasteiger charge is 2.18.